The molecule has 3 nitrogen and oxygen atoms in total. The Morgan fingerprint density at radius 2 is 1.88 bits per heavy atom. The molecule has 1 aromatic carbocycles. The Labute approximate surface area is 104 Å². The minimum Gasteiger partial charge on any atom is -0.497 e. The zero-order valence-corrected chi connectivity index (χ0v) is 10.6. The van der Waals surface area contributed by atoms with E-state index in [-0.39, 0.29) is 0 Å². The molecule has 0 atom stereocenters. The van der Waals surface area contributed by atoms with Crippen LogP contribution in [0.2, 0.25) is 0 Å². The lowest BCUT2D eigenvalue weighted by atomic mass is 9.97. The molecule has 1 fully saturated rings. The van der Waals surface area contributed by atoms with Gasteiger partial charge in [-0.05, 0) is 56.1 Å². The Hall–Kier alpha value is -1.06. The number of nitrogens with zero attached hydrogens (tertiary/aromatic N) is 1. The first-order chi connectivity index (χ1) is 8.31. The average Bonchev–Trinajstić information content (AvgIpc) is 2.40. The third kappa shape index (κ3) is 3.45. The van der Waals surface area contributed by atoms with Crippen molar-refractivity contribution in [2.45, 2.75) is 19.4 Å². The van der Waals surface area contributed by atoms with Gasteiger partial charge in [0.1, 0.15) is 5.75 Å². The predicted molar refractivity (Wildman–Crippen MR) is 70.0 cm³/mol. The van der Waals surface area contributed by atoms with E-state index in [4.69, 9.17) is 10.5 Å². The van der Waals surface area contributed by atoms with Gasteiger partial charge in [-0.2, -0.15) is 0 Å². The molecule has 17 heavy (non-hydrogen) atoms. The molecule has 1 saturated heterocycles. The molecule has 0 saturated carbocycles. The highest BCUT2D eigenvalue weighted by Crippen LogP contribution is 2.19. The summed E-state index contributed by atoms with van der Waals surface area (Å²) in [5, 5.41) is 0. The molecule has 0 spiro atoms. The van der Waals surface area contributed by atoms with E-state index in [0.29, 0.717) is 0 Å². The molecule has 0 unspecified atom stereocenters. The van der Waals surface area contributed by atoms with Crippen molar-refractivity contribution in [2.75, 3.05) is 26.7 Å². The number of rotatable bonds is 4. The lowest BCUT2D eigenvalue weighted by Gasteiger charge is -2.31. The highest BCUT2D eigenvalue weighted by molar-refractivity contribution is 5.27. The Kier molecular flexibility index (Phi) is 4.40. The maximum Gasteiger partial charge on any atom is 0.118 e. The average molecular weight is 234 g/mol. The van der Waals surface area contributed by atoms with E-state index in [9.17, 15) is 0 Å². The van der Waals surface area contributed by atoms with Crippen molar-refractivity contribution in [3.05, 3.63) is 29.8 Å². The van der Waals surface area contributed by atoms with Crippen LogP contribution in [0.25, 0.3) is 0 Å². The van der Waals surface area contributed by atoms with Crippen molar-refractivity contribution in [3.63, 3.8) is 0 Å². The van der Waals surface area contributed by atoms with Crippen LogP contribution in [0.4, 0.5) is 0 Å². The lowest BCUT2D eigenvalue weighted by Crippen LogP contribution is -2.35. The summed E-state index contributed by atoms with van der Waals surface area (Å²) in [5.74, 6) is 1.66. The van der Waals surface area contributed by atoms with Crippen molar-refractivity contribution < 1.29 is 4.74 Å². The minimum absolute atomic E-state index is 0.738. The van der Waals surface area contributed by atoms with E-state index in [1.807, 2.05) is 12.1 Å². The molecule has 1 heterocycles. The van der Waals surface area contributed by atoms with E-state index in [2.05, 4.69) is 17.0 Å². The molecule has 0 aliphatic carbocycles. The van der Waals surface area contributed by atoms with E-state index in [1.165, 1.54) is 31.5 Å². The molecule has 2 rings (SSSR count). The topological polar surface area (TPSA) is 38.5 Å². The first kappa shape index (κ1) is 12.4. The van der Waals surface area contributed by atoms with Gasteiger partial charge in [-0.3, -0.25) is 4.90 Å². The second kappa shape index (κ2) is 6.03. The number of hydrogen-bond acceptors (Lipinski definition) is 3. The number of methoxy groups -OCH3 is 1. The Morgan fingerprint density at radius 3 is 2.41 bits per heavy atom. The van der Waals surface area contributed by atoms with Gasteiger partial charge in [0, 0.05) is 6.54 Å². The van der Waals surface area contributed by atoms with E-state index >= 15 is 0 Å². The van der Waals surface area contributed by atoms with Gasteiger partial charge in [0.2, 0.25) is 0 Å². The molecular formula is C14H22N2O. The van der Waals surface area contributed by atoms with Crippen LogP contribution in [0, 0.1) is 5.92 Å². The summed E-state index contributed by atoms with van der Waals surface area (Å²) in [7, 11) is 1.70. The summed E-state index contributed by atoms with van der Waals surface area (Å²) < 4.78 is 5.16. The summed E-state index contributed by atoms with van der Waals surface area (Å²) in [6.45, 7) is 4.24. The molecule has 0 bridgehead atoms. The van der Waals surface area contributed by atoms with Crippen LogP contribution in [-0.2, 0) is 6.54 Å². The molecule has 2 N–H and O–H groups in total. The van der Waals surface area contributed by atoms with Crippen molar-refractivity contribution in [3.8, 4) is 5.75 Å². The molecule has 94 valence electrons. The van der Waals surface area contributed by atoms with Gasteiger partial charge in [-0.15, -0.1) is 0 Å². The van der Waals surface area contributed by atoms with Crippen LogP contribution in [0.5, 0.6) is 5.75 Å². The van der Waals surface area contributed by atoms with E-state index in [0.717, 1.165) is 24.8 Å². The van der Waals surface area contributed by atoms with Crippen molar-refractivity contribution in [1.29, 1.82) is 0 Å². The molecule has 1 aromatic rings. The van der Waals surface area contributed by atoms with Gasteiger partial charge in [-0.25, -0.2) is 0 Å². The fraction of sp³-hybridized carbons (Fsp3) is 0.571. The predicted octanol–water partition coefficient (Wildman–Crippen LogP) is 1.87. The molecule has 0 radical (unpaired) electrons. The van der Waals surface area contributed by atoms with Gasteiger partial charge in [-0.1, -0.05) is 12.1 Å². The van der Waals surface area contributed by atoms with Gasteiger partial charge in [0.05, 0.1) is 7.11 Å². The summed E-state index contributed by atoms with van der Waals surface area (Å²) >= 11 is 0. The highest BCUT2D eigenvalue weighted by atomic mass is 16.5. The van der Waals surface area contributed by atoms with Crippen LogP contribution in [-0.4, -0.2) is 31.6 Å². The normalized spacial score (nSPS) is 18.2. The smallest absolute Gasteiger partial charge is 0.118 e. The van der Waals surface area contributed by atoms with Gasteiger partial charge in [0.15, 0.2) is 0 Å². The molecular weight excluding hydrogens is 212 g/mol. The minimum atomic E-state index is 0.738. The van der Waals surface area contributed by atoms with Crippen molar-refractivity contribution in [2.24, 2.45) is 11.7 Å². The van der Waals surface area contributed by atoms with Crippen LogP contribution in [0.15, 0.2) is 24.3 Å². The summed E-state index contributed by atoms with van der Waals surface area (Å²) in [5.41, 5.74) is 7.06. The zero-order valence-electron chi connectivity index (χ0n) is 10.6. The quantitative estimate of drug-likeness (QED) is 0.864. The maximum absolute atomic E-state index is 5.70. The number of likely N-dealkylation sites (tertiary alicyclic amines) is 1. The van der Waals surface area contributed by atoms with Crippen molar-refractivity contribution in [1.82, 2.24) is 4.90 Å². The van der Waals surface area contributed by atoms with Gasteiger partial charge >= 0.3 is 0 Å². The third-order valence-corrected chi connectivity index (χ3v) is 3.61. The molecule has 0 aromatic heterocycles. The molecule has 0 amide bonds. The highest BCUT2D eigenvalue weighted by Gasteiger charge is 2.17. The Balaban J connectivity index is 1.84. The van der Waals surface area contributed by atoms with Crippen LogP contribution in [0.3, 0.4) is 0 Å². The first-order valence-corrected chi connectivity index (χ1v) is 6.37. The van der Waals surface area contributed by atoms with E-state index in [1.54, 1.807) is 7.11 Å². The largest absolute Gasteiger partial charge is 0.497 e. The second-order valence-electron chi connectivity index (χ2n) is 4.80. The monoisotopic (exact) mass is 234 g/mol. The zero-order chi connectivity index (χ0) is 12.1. The SMILES string of the molecule is COc1ccc(CN2CCC(CN)CC2)cc1. The summed E-state index contributed by atoms with van der Waals surface area (Å²) in [6, 6.07) is 8.35. The number of piperidine rings is 1. The van der Waals surface area contributed by atoms with Gasteiger partial charge < -0.3 is 10.5 Å². The Morgan fingerprint density at radius 1 is 1.24 bits per heavy atom. The fourth-order valence-corrected chi connectivity index (χ4v) is 2.37. The molecule has 1 aliphatic rings. The standard InChI is InChI=1S/C14H22N2O/c1-17-14-4-2-13(3-5-14)11-16-8-6-12(10-15)7-9-16/h2-5,12H,6-11,15H2,1H3. The lowest BCUT2D eigenvalue weighted by molar-refractivity contribution is 0.180. The van der Waals surface area contributed by atoms with Crippen LogP contribution >= 0.6 is 0 Å². The maximum atomic E-state index is 5.70. The number of ether oxygens (including phenoxy) is 1. The van der Waals surface area contributed by atoms with Crippen molar-refractivity contribution >= 4 is 0 Å². The summed E-state index contributed by atoms with van der Waals surface area (Å²) in [6.07, 6.45) is 2.49. The van der Waals surface area contributed by atoms with Gasteiger partial charge in [0.25, 0.3) is 0 Å². The van der Waals surface area contributed by atoms with Crippen LogP contribution < -0.4 is 10.5 Å². The second-order valence-corrected chi connectivity index (χ2v) is 4.80. The number of benzene rings is 1. The molecule has 1 aliphatic heterocycles. The van der Waals surface area contributed by atoms with Crippen LogP contribution in [0.1, 0.15) is 18.4 Å². The third-order valence-electron chi connectivity index (χ3n) is 3.61. The number of hydrogen-bond donors (Lipinski definition) is 1. The fourth-order valence-electron chi connectivity index (χ4n) is 2.37. The first-order valence-electron chi connectivity index (χ1n) is 6.37. The Bertz CT molecular complexity index is 329. The molecule has 3 heteroatoms. The number of nitrogens with two attached hydrogens (primary N) is 1. The summed E-state index contributed by atoms with van der Waals surface area (Å²) in [4.78, 5) is 2.51. The van der Waals surface area contributed by atoms with E-state index < -0.39 is 0 Å².